The molecule has 0 spiro atoms. The molecule has 0 saturated carbocycles. The Labute approximate surface area is 163 Å². The molecule has 0 aliphatic carbocycles. The maximum atomic E-state index is 13.9. The van der Waals surface area contributed by atoms with E-state index >= 15 is 0 Å². The Balaban J connectivity index is 2.39. The number of rotatable bonds is 5. The van der Waals surface area contributed by atoms with E-state index in [1.54, 1.807) is 38.1 Å². The SMILES string of the molecule is Cc1cc(-c2c(C(C)C)c(C[C@@H](C)C(=O)O)nc3cc(O)ccc23)ccc1F. The number of carboxylic acids is 1. The molecule has 4 nitrogen and oxygen atoms in total. The zero-order valence-electron chi connectivity index (χ0n) is 16.5. The van der Waals surface area contributed by atoms with Gasteiger partial charge in [-0.2, -0.15) is 0 Å². The van der Waals surface area contributed by atoms with Crippen LogP contribution in [0.5, 0.6) is 5.75 Å². The normalized spacial score (nSPS) is 12.5. The Bertz CT molecular complexity index is 1060. The summed E-state index contributed by atoms with van der Waals surface area (Å²) in [6.45, 7) is 7.45. The molecule has 5 heteroatoms. The predicted molar refractivity (Wildman–Crippen MR) is 108 cm³/mol. The van der Waals surface area contributed by atoms with Crippen LogP contribution in [0.2, 0.25) is 0 Å². The third kappa shape index (κ3) is 3.70. The average Bonchev–Trinajstić information content (AvgIpc) is 2.62. The van der Waals surface area contributed by atoms with Crippen LogP contribution in [-0.4, -0.2) is 21.2 Å². The van der Waals surface area contributed by atoms with Crippen molar-refractivity contribution in [3.05, 3.63) is 59.0 Å². The van der Waals surface area contributed by atoms with Gasteiger partial charge in [0.05, 0.1) is 11.4 Å². The number of nitrogens with zero attached hydrogens (tertiary/aromatic N) is 1. The zero-order valence-corrected chi connectivity index (χ0v) is 16.5. The van der Waals surface area contributed by atoms with Crippen molar-refractivity contribution in [1.29, 1.82) is 0 Å². The van der Waals surface area contributed by atoms with Gasteiger partial charge < -0.3 is 10.2 Å². The number of carbonyl (C=O) groups is 1. The number of fused-ring (bicyclic) bond motifs is 1. The number of hydrogen-bond donors (Lipinski definition) is 2. The summed E-state index contributed by atoms with van der Waals surface area (Å²) in [5.41, 5.74) is 4.54. The van der Waals surface area contributed by atoms with Crippen LogP contribution in [0, 0.1) is 18.7 Å². The summed E-state index contributed by atoms with van der Waals surface area (Å²) in [6, 6.07) is 9.97. The number of halogens is 1. The van der Waals surface area contributed by atoms with E-state index in [4.69, 9.17) is 4.98 Å². The number of pyridine rings is 1. The lowest BCUT2D eigenvalue weighted by Crippen LogP contribution is -2.15. The molecular formula is C23H24FNO3. The Morgan fingerprint density at radius 3 is 2.46 bits per heavy atom. The summed E-state index contributed by atoms with van der Waals surface area (Å²) in [7, 11) is 0. The molecule has 3 aromatic rings. The Morgan fingerprint density at radius 1 is 1.14 bits per heavy atom. The summed E-state index contributed by atoms with van der Waals surface area (Å²) in [5.74, 6) is -1.57. The lowest BCUT2D eigenvalue weighted by Gasteiger charge is -2.21. The van der Waals surface area contributed by atoms with Crippen molar-refractivity contribution in [1.82, 2.24) is 4.98 Å². The molecule has 0 radical (unpaired) electrons. The summed E-state index contributed by atoms with van der Waals surface area (Å²) < 4.78 is 13.9. The van der Waals surface area contributed by atoms with Crippen molar-refractivity contribution in [3.63, 3.8) is 0 Å². The van der Waals surface area contributed by atoms with E-state index in [1.807, 2.05) is 19.9 Å². The molecule has 0 saturated heterocycles. The van der Waals surface area contributed by atoms with Crippen molar-refractivity contribution < 1.29 is 19.4 Å². The summed E-state index contributed by atoms with van der Waals surface area (Å²) in [5, 5.41) is 20.1. The van der Waals surface area contributed by atoms with E-state index in [-0.39, 0.29) is 23.9 Å². The van der Waals surface area contributed by atoms with Gasteiger partial charge in [0.15, 0.2) is 0 Å². The molecule has 2 aromatic carbocycles. The van der Waals surface area contributed by atoms with Gasteiger partial charge in [-0.3, -0.25) is 9.78 Å². The van der Waals surface area contributed by atoms with Crippen LogP contribution in [0.15, 0.2) is 36.4 Å². The van der Waals surface area contributed by atoms with Crippen LogP contribution in [0.1, 0.15) is 43.5 Å². The van der Waals surface area contributed by atoms with Gasteiger partial charge in [-0.05, 0) is 59.4 Å². The lowest BCUT2D eigenvalue weighted by molar-refractivity contribution is -0.141. The fraction of sp³-hybridized carbons (Fsp3) is 0.304. The lowest BCUT2D eigenvalue weighted by atomic mass is 9.85. The van der Waals surface area contributed by atoms with E-state index in [1.165, 1.54) is 6.07 Å². The van der Waals surface area contributed by atoms with Crippen LogP contribution in [-0.2, 0) is 11.2 Å². The second kappa shape index (κ2) is 7.58. The molecule has 28 heavy (non-hydrogen) atoms. The van der Waals surface area contributed by atoms with Gasteiger partial charge in [-0.25, -0.2) is 4.39 Å². The molecule has 1 heterocycles. The van der Waals surface area contributed by atoms with Crippen LogP contribution in [0.3, 0.4) is 0 Å². The highest BCUT2D eigenvalue weighted by Gasteiger charge is 2.23. The maximum Gasteiger partial charge on any atom is 0.306 e. The first-order chi connectivity index (χ1) is 13.2. The predicted octanol–water partition coefficient (Wildman–Crippen LogP) is 5.44. The highest BCUT2D eigenvalue weighted by atomic mass is 19.1. The van der Waals surface area contributed by atoms with Gasteiger partial charge in [0.25, 0.3) is 0 Å². The van der Waals surface area contributed by atoms with Crippen LogP contribution in [0.25, 0.3) is 22.0 Å². The Kier molecular flexibility index (Phi) is 5.36. The number of aromatic nitrogens is 1. The minimum absolute atomic E-state index is 0.0852. The van der Waals surface area contributed by atoms with Crippen LogP contribution in [0.4, 0.5) is 4.39 Å². The molecule has 0 aliphatic rings. The minimum Gasteiger partial charge on any atom is -0.508 e. The highest BCUT2D eigenvalue weighted by Crippen LogP contribution is 2.39. The van der Waals surface area contributed by atoms with Gasteiger partial charge in [-0.1, -0.05) is 26.8 Å². The van der Waals surface area contributed by atoms with Crippen molar-refractivity contribution in [2.45, 2.75) is 40.0 Å². The molecule has 0 fully saturated rings. The number of carboxylic acid groups (broad SMARTS) is 1. The summed E-state index contributed by atoms with van der Waals surface area (Å²) in [6.07, 6.45) is 0.279. The molecule has 146 valence electrons. The van der Waals surface area contributed by atoms with Gasteiger partial charge in [-0.15, -0.1) is 0 Å². The van der Waals surface area contributed by atoms with E-state index < -0.39 is 11.9 Å². The zero-order chi connectivity index (χ0) is 20.6. The number of phenols is 1. The Morgan fingerprint density at radius 2 is 1.86 bits per heavy atom. The smallest absolute Gasteiger partial charge is 0.306 e. The van der Waals surface area contributed by atoms with E-state index in [0.29, 0.717) is 16.8 Å². The topological polar surface area (TPSA) is 70.4 Å². The fourth-order valence-corrected chi connectivity index (χ4v) is 3.58. The third-order valence-electron chi connectivity index (χ3n) is 5.03. The van der Waals surface area contributed by atoms with Crippen molar-refractivity contribution >= 4 is 16.9 Å². The first kappa shape index (κ1) is 19.8. The second-order valence-electron chi connectivity index (χ2n) is 7.61. The Hall–Kier alpha value is -2.95. The van der Waals surface area contributed by atoms with E-state index in [2.05, 4.69) is 0 Å². The average molecular weight is 381 g/mol. The largest absolute Gasteiger partial charge is 0.508 e. The van der Waals surface area contributed by atoms with Gasteiger partial charge in [0.2, 0.25) is 0 Å². The molecule has 0 unspecified atom stereocenters. The molecule has 0 aliphatic heterocycles. The maximum absolute atomic E-state index is 13.9. The first-order valence-corrected chi connectivity index (χ1v) is 9.33. The first-order valence-electron chi connectivity index (χ1n) is 9.33. The third-order valence-corrected chi connectivity index (χ3v) is 5.03. The number of hydrogen-bond acceptors (Lipinski definition) is 3. The highest BCUT2D eigenvalue weighted by molar-refractivity contribution is 5.97. The minimum atomic E-state index is -0.883. The van der Waals surface area contributed by atoms with Crippen LogP contribution < -0.4 is 0 Å². The van der Waals surface area contributed by atoms with Crippen molar-refractivity contribution in [2.75, 3.05) is 0 Å². The van der Waals surface area contributed by atoms with Gasteiger partial charge >= 0.3 is 5.97 Å². The van der Waals surface area contributed by atoms with Gasteiger partial charge in [0.1, 0.15) is 11.6 Å². The number of aliphatic carboxylic acids is 1. The molecule has 0 amide bonds. The van der Waals surface area contributed by atoms with E-state index in [9.17, 15) is 19.4 Å². The number of aryl methyl sites for hydroxylation is 1. The fourth-order valence-electron chi connectivity index (χ4n) is 3.58. The number of aromatic hydroxyl groups is 1. The van der Waals surface area contributed by atoms with Crippen LogP contribution >= 0.6 is 0 Å². The quantitative estimate of drug-likeness (QED) is 0.617. The van der Waals surface area contributed by atoms with Crippen molar-refractivity contribution in [3.8, 4) is 16.9 Å². The molecule has 2 N–H and O–H groups in total. The monoisotopic (exact) mass is 381 g/mol. The van der Waals surface area contributed by atoms with E-state index in [0.717, 1.165) is 22.1 Å². The standard InChI is InChI=1S/C23H24FNO3/c1-12(2)21-20(10-14(4)23(27)28)25-19-11-16(26)6-7-17(19)22(21)15-5-8-18(24)13(3)9-15/h5-9,11-12,14,26H,10H2,1-4H3,(H,27,28)/t14-/m1/s1. The summed E-state index contributed by atoms with van der Waals surface area (Å²) >= 11 is 0. The van der Waals surface area contributed by atoms with Gasteiger partial charge in [0, 0.05) is 23.6 Å². The molecule has 1 atom stereocenters. The van der Waals surface area contributed by atoms with Crippen molar-refractivity contribution in [2.24, 2.45) is 5.92 Å². The molecule has 1 aromatic heterocycles. The molecule has 0 bridgehead atoms. The number of benzene rings is 2. The molecule has 3 rings (SSSR count). The molecular weight excluding hydrogens is 357 g/mol. The second-order valence-corrected chi connectivity index (χ2v) is 7.61. The summed E-state index contributed by atoms with van der Waals surface area (Å²) in [4.78, 5) is 16.1. The number of phenolic OH excluding ortho intramolecular Hbond substituents is 1.